The summed E-state index contributed by atoms with van der Waals surface area (Å²) < 4.78 is 7.17. The molecule has 8 heteroatoms. The highest BCUT2D eigenvalue weighted by atomic mass is 16.5. The van der Waals surface area contributed by atoms with Crippen molar-refractivity contribution in [3.63, 3.8) is 0 Å². The largest absolute Gasteiger partial charge is 0.497 e. The van der Waals surface area contributed by atoms with E-state index in [0.29, 0.717) is 6.54 Å². The number of aliphatic hydroxyl groups is 1. The summed E-state index contributed by atoms with van der Waals surface area (Å²) in [7, 11) is 3.63. The Balaban J connectivity index is 1.63. The first kappa shape index (κ1) is 20.1. The van der Waals surface area contributed by atoms with Crippen molar-refractivity contribution in [3.8, 4) is 5.75 Å². The first-order valence-electron chi connectivity index (χ1n) is 9.76. The molecule has 0 unspecified atom stereocenters. The van der Waals surface area contributed by atoms with Crippen molar-refractivity contribution in [1.29, 1.82) is 0 Å². The summed E-state index contributed by atoms with van der Waals surface area (Å²) >= 11 is 0. The van der Waals surface area contributed by atoms with Crippen molar-refractivity contribution in [2.75, 3.05) is 26.7 Å². The first-order chi connectivity index (χ1) is 13.6. The van der Waals surface area contributed by atoms with Crippen LogP contribution in [0.4, 0.5) is 0 Å². The average molecular weight is 387 g/mol. The minimum atomic E-state index is -0.210. The maximum atomic E-state index is 9.80. The third kappa shape index (κ3) is 5.22. The van der Waals surface area contributed by atoms with Gasteiger partial charge >= 0.3 is 0 Å². The van der Waals surface area contributed by atoms with Gasteiger partial charge in [0.25, 0.3) is 0 Å². The molecule has 2 N–H and O–H groups in total. The molecule has 0 bridgehead atoms. The number of aliphatic hydroxyl groups excluding tert-OH is 1. The molecule has 2 aromatic rings. The molecule has 2 heterocycles. The summed E-state index contributed by atoms with van der Waals surface area (Å²) in [5.74, 6) is 3.44. The van der Waals surface area contributed by atoms with Crippen LogP contribution in [0.5, 0.6) is 5.75 Å². The summed E-state index contributed by atoms with van der Waals surface area (Å²) in [6, 6.07) is 8.12. The van der Waals surface area contributed by atoms with Gasteiger partial charge in [0.15, 0.2) is 11.8 Å². The Morgan fingerprint density at radius 2 is 1.96 bits per heavy atom. The minimum Gasteiger partial charge on any atom is -0.497 e. The van der Waals surface area contributed by atoms with Gasteiger partial charge in [-0.1, -0.05) is 12.1 Å². The van der Waals surface area contributed by atoms with Gasteiger partial charge in [-0.15, -0.1) is 10.2 Å². The van der Waals surface area contributed by atoms with Crippen molar-refractivity contribution in [1.82, 2.24) is 25.0 Å². The number of ether oxygens (including phenoxy) is 1. The number of aryl methyl sites for hydroxylation is 1. The maximum Gasteiger partial charge on any atom is 0.194 e. The predicted molar refractivity (Wildman–Crippen MR) is 108 cm³/mol. The lowest BCUT2D eigenvalue weighted by Gasteiger charge is -2.32. The number of guanidine groups is 1. The molecule has 0 atom stereocenters. The van der Waals surface area contributed by atoms with Crippen LogP contribution in [0.2, 0.25) is 0 Å². The number of nitrogens with one attached hydrogen (secondary N) is 1. The monoisotopic (exact) mass is 386 g/mol. The van der Waals surface area contributed by atoms with Gasteiger partial charge in [0.1, 0.15) is 18.1 Å². The number of likely N-dealkylation sites (tertiary alicyclic amines) is 1. The van der Waals surface area contributed by atoms with Gasteiger partial charge in [-0.2, -0.15) is 0 Å². The number of aromatic nitrogens is 3. The first-order valence-corrected chi connectivity index (χ1v) is 9.76. The molecule has 3 rings (SSSR count). The van der Waals surface area contributed by atoms with E-state index in [1.807, 2.05) is 30.7 Å². The molecule has 1 aromatic heterocycles. The zero-order chi connectivity index (χ0) is 19.9. The van der Waals surface area contributed by atoms with E-state index in [4.69, 9.17) is 9.73 Å². The number of nitrogens with zero attached hydrogens (tertiary/aromatic N) is 5. The van der Waals surface area contributed by atoms with Crippen LogP contribution in [0.3, 0.4) is 0 Å². The molecule has 0 amide bonds. The highest BCUT2D eigenvalue weighted by Gasteiger charge is 2.20. The summed E-state index contributed by atoms with van der Waals surface area (Å²) in [5, 5.41) is 21.6. The quantitative estimate of drug-likeness (QED) is 0.574. The van der Waals surface area contributed by atoms with Crippen molar-refractivity contribution >= 4 is 5.96 Å². The minimum absolute atomic E-state index is 0.210. The van der Waals surface area contributed by atoms with Crippen LogP contribution >= 0.6 is 0 Å². The van der Waals surface area contributed by atoms with Gasteiger partial charge < -0.3 is 24.6 Å². The zero-order valence-electron chi connectivity index (χ0n) is 16.9. The van der Waals surface area contributed by atoms with E-state index in [1.54, 1.807) is 7.11 Å². The Bertz CT molecular complexity index is 778. The topological polar surface area (TPSA) is 87.8 Å². The normalized spacial score (nSPS) is 15.7. The van der Waals surface area contributed by atoms with E-state index in [9.17, 15) is 5.11 Å². The van der Waals surface area contributed by atoms with Crippen LogP contribution < -0.4 is 10.1 Å². The molecule has 1 fully saturated rings. The van der Waals surface area contributed by atoms with E-state index >= 15 is 0 Å². The Morgan fingerprint density at radius 3 is 2.57 bits per heavy atom. The van der Waals surface area contributed by atoms with Gasteiger partial charge in [0.05, 0.1) is 13.2 Å². The van der Waals surface area contributed by atoms with Crippen LogP contribution in [0, 0.1) is 6.92 Å². The smallest absolute Gasteiger partial charge is 0.194 e. The SMILES string of the molecule is COc1ccc(CCNC(=NCc2nnc(C)n2C)N2CCC(O)CC2)cc1. The van der Waals surface area contributed by atoms with Crippen molar-refractivity contribution in [3.05, 3.63) is 41.5 Å². The van der Waals surface area contributed by atoms with Crippen molar-refractivity contribution < 1.29 is 9.84 Å². The lowest BCUT2D eigenvalue weighted by atomic mass is 10.1. The predicted octanol–water partition coefficient (Wildman–Crippen LogP) is 1.28. The molecule has 0 radical (unpaired) electrons. The molecule has 0 spiro atoms. The maximum absolute atomic E-state index is 9.80. The summed E-state index contributed by atoms with van der Waals surface area (Å²) in [5.41, 5.74) is 1.24. The molecule has 1 aliphatic heterocycles. The summed E-state index contributed by atoms with van der Waals surface area (Å²) in [4.78, 5) is 6.99. The van der Waals surface area contributed by atoms with Gasteiger partial charge in [-0.05, 0) is 43.9 Å². The second-order valence-electron chi connectivity index (χ2n) is 7.11. The molecular formula is C20H30N6O2. The molecular weight excluding hydrogens is 356 g/mol. The fourth-order valence-electron chi connectivity index (χ4n) is 3.19. The standard InChI is InChI=1S/C20H30N6O2/c1-15-23-24-19(25(15)2)14-22-20(26-12-9-17(27)10-13-26)21-11-8-16-4-6-18(28-3)7-5-16/h4-7,17,27H,8-14H2,1-3H3,(H,21,22). The third-order valence-electron chi connectivity index (χ3n) is 5.17. The molecule has 1 aliphatic rings. The van der Waals surface area contributed by atoms with Crippen molar-refractivity contribution in [2.24, 2.45) is 12.0 Å². The summed E-state index contributed by atoms with van der Waals surface area (Å²) in [6.45, 7) is 4.78. The Labute approximate surface area is 166 Å². The Kier molecular flexibility index (Phi) is 6.86. The van der Waals surface area contributed by atoms with Crippen LogP contribution in [0.15, 0.2) is 29.3 Å². The van der Waals surface area contributed by atoms with E-state index in [0.717, 1.165) is 62.3 Å². The number of hydrogen-bond acceptors (Lipinski definition) is 5. The molecule has 152 valence electrons. The van der Waals surface area contributed by atoms with E-state index in [2.05, 4.69) is 32.5 Å². The van der Waals surface area contributed by atoms with Crippen LogP contribution in [0.25, 0.3) is 0 Å². The van der Waals surface area contributed by atoms with Crippen LogP contribution in [0.1, 0.15) is 30.1 Å². The third-order valence-corrected chi connectivity index (χ3v) is 5.17. The fraction of sp³-hybridized carbons (Fsp3) is 0.550. The van der Waals surface area contributed by atoms with E-state index < -0.39 is 0 Å². The Hall–Kier alpha value is -2.61. The summed E-state index contributed by atoms with van der Waals surface area (Å²) in [6.07, 6.45) is 2.21. The van der Waals surface area contributed by atoms with Gasteiger partial charge in [0.2, 0.25) is 0 Å². The average Bonchev–Trinajstić information content (AvgIpc) is 3.04. The number of rotatable bonds is 6. The second-order valence-corrected chi connectivity index (χ2v) is 7.11. The molecule has 28 heavy (non-hydrogen) atoms. The Morgan fingerprint density at radius 1 is 1.25 bits per heavy atom. The number of hydrogen-bond donors (Lipinski definition) is 2. The zero-order valence-corrected chi connectivity index (χ0v) is 16.9. The molecule has 0 saturated carbocycles. The highest BCUT2D eigenvalue weighted by molar-refractivity contribution is 5.80. The lowest BCUT2D eigenvalue weighted by molar-refractivity contribution is 0.108. The van der Waals surface area contributed by atoms with Gasteiger partial charge in [-0.25, -0.2) is 4.99 Å². The molecule has 1 aromatic carbocycles. The highest BCUT2D eigenvalue weighted by Crippen LogP contribution is 2.13. The number of piperidine rings is 1. The van der Waals surface area contributed by atoms with Gasteiger partial charge in [-0.3, -0.25) is 0 Å². The fourth-order valence-corrected chi connectivity index (χ4v) is 3.19. The van der Waals surface area contributed by atoms with E-state index in [-0.39, 0.29) is 6.10 Å². The molecule has 0 aliphatic carbocycles. The number of aliphatic imine (C=N–C) groups is 1. The van der Waals surface area contributed by atoms with E-state index in [1.165, 1.54) is 5.56 Å². The molecule has 1 saturated heterocycles. The van der Waals surface area contributed by atoms with Crippen LogP contribution in [-0.4, -0.2) is 63.6 Å². The number of benzene rings is 1. The number of methoxy groups -OCH3 is 1. The molecule has 8 nitrogen and oxygen atoms in total. The lowest BCUT2D eigenvalue weighted by Crippen LogP contribution is -2.47. The van der Waals surface area contributed by atoms with Crippen molar-refractivity contribution in [2.45, 2.75) is 38.8 Å². The van der Waals surface area contributed by atoms with Crippen LogP contribution in [-0.2, 0) is 20.0 Å². The van der Waals surface area contributed by atoms with Gasteiger partial charge in [0, 0.05) is 26.7 Å². The second kappa shape index (κ2) is 9.54.